The maximum atomic E-state index is 10.6. The first-order chi connectivity index (χ1) is 5.38. The number of amides is 1. The Hall–Kier alpha value is -1.06. The molecule has 0 unspecified atom stereocenters. The molecule has 0 radical (unpaired) electrons. The maximum Gasteiger partial charge on any atom is 0.230 e. The molecule has 0 rings (SSSR count). The lowest BCUT2D eigenvalue weighted by Gasteiger charge is -2.27. The fourth-order valence-corrected chi connectivity index (χ4v) is 0.517. The van der Waals surface area contributed by atoms with Crippen LogP contribution in [0.2, 0.25) is 0 Å². The minimum absolute atomic E-state index is 0.256. The Morgan fingerprint density at radius 1 is 1.25 bits per heavy atom. The molecule has 0 saturated heterocycles. The van der Waals surface area contributed by atoms with Crippen LogP contribution in [0.15, 0.2) is 5.10 Å². The average Bonchev–Trinajstić information content (AvgIpc) is 1.85. The summed E-state index contributed by atoms with van der Waals surface area (Å²) in [5.41, 5.74) is -0.256. The van der Waals surface area contributed by atoms with Crippen molar-refractivity contribution in [3.63, 3.8) is 0 Å². The van der Waals surface area contributed by atoms with Crippen LogP contribution >= 0.6 is 0 Å². The molecule has 70 valence electrons. The fourth-order valence-electron chi connectivity index (χ4n) is 0.517. The van der Waals surface area contributed by atoms with Crippen LogP contribution in [0.4, 0.5) is 0 Å². The van der Waals surface area contributed by atoms with Crippen molar-refractivity contribution < 1.29 is 4.79 Å². The highest BCUT2D eigenvalue weighted by Gasteiger charge is 2.18. The van der Waals surface area contributed by atoms with Gasteiger partial charge in [-0.25, -0.2) is 5.01 Å². The van der Waals surface area contributed by atoms with Gasteiger partial charge in [-0.05, 0) is 20.8 Å². The van der Waals surface area contributed by atoms with Gasteiger partial charge in [0.25, 0.3) is 0 Å². The average molecular weight is 171 g/mol. The SMILES string of the molecule is CN(C)/C=N/N(C=O)C(C)(C)C. The smallest absolute Gasteiger partial charge is 0.230 e. The zero-order valence-electron chi connectivity index (χ0n) is 8.40. The summed E-state index contributed by atoms with van der Waals surface area (Å²) in [5, 5.41) is 5.36. The molecule has 0 aromatic heterocycles. The summed E-state index contributed by atoms with van der Waals surface area (Å²) in [4.78, 5) is 12.3. The van der Waals surface area contributed by atoms with Crippen LogP contribution in [0.25, 0.3) is 0 Å². The molecule has 0 spiro atoms. The van der Waals surface area contributed by atoms with Gasteiger partial charge in [-0.15, -0.1) is 0 Å². The molecule has 0 aliphatic heterocycles. The number of rotatable bonds is 3. The lowest BCUT2D eigenvalue weighted by molar-refractivity contribution is -0.122. The second-order valence-electron chi connectivity index (χ2n) is 3.82. The van der Waals surface area contributed by atoms with Crippen LogP contribution in [-0.2, 0) is 4.79 Å². The summed E-state index contributed by atoms with van der Waals surface area (Å²) in [6.07, 6.45) is 2.32. The number of carbonyl (C=O) groups is 1. The Kier molecular flexibility index (Phi) is 3.73. The summed E-state index contributed by atoms with van der Waals surface area (Å²) in [7, 11) is 3.71. The third-order valence-corrected chi connectivity index (χ3v) is 1.19. The van der Waals surface area contributed by atoms with E-state index in [1.807, 2.05) is 34.9 Å². The quantitative estimate of drug-likeness (QED) is 0.272. The van der Waals surface area contributed by atoms with Gasteiger partial charge >= 0.3 is 0 Å². The molecular weight excluding hydrogens is 154 g/mol. The van der Waals surface area contributed by atoms with E-state index in [-0.39, 0.29) is 5.54 Å². The van der Waals surface area contributed by atoms with Crippen LogP contribution in [0.5, 0.6) is 0 Å². The first kappa shape index (κ1) is 10.9. The Labute approximate surface area is 73.8 Å². The lowest BCUT2D eigenvalue weighted by Crippen LogP contribution is -2.36. The van der Waals surface area contributed by atoms with E-state index in [9.17, 15) is 4.79 Å². The number of hydrogen-bond donors (Lipinski definition) is 0. The van der Waals surface area contributed by atoms with Crippen molar-refractivity contribution in [2.45, 2.75) is 26.3 Å². The van der Waals surface area contributed by atoms with Crippen molar-refractivity contribution in [1.82, 2.24) is 9.91 Å². The third kappa shape index (κ3) is 3.95. The maximum absolute atomic E-state index is 10.6. The molecular formula is C8H17N3O. The van der Waals surface area contributed by atoms with Crippen molar-refractivity contribution in [2.75, 3.05) is 14.1 Å². The normalized spacial score (nSPS) is 11.8. The molecule has 0 aromatic carbocycles. The number of hydrogen-bond acceptors (Lipinski definition) is 2. The molecule has 12 heavy (non-hydrogen) atoms. The molecule has 0 bridgehead atoms. The summed E-state index contributed by atoms with van der Waals surface area (Å²) in [5.74, 6) is 0. The van der Waals surface area contributed by atoms with Crippen molar-refractivity contribution in [1.29, 1.82) is 0 Å². The van der Waals surface area contributed by atoms with Crippen LogP contribution < -0.4 is 0 Å². The van der Waals surface area contributed by atoms with Gasteiger partial charge in [-0.2, -0.15) is 5.10 Å². The molecule has 0 saturated carbocycles. The highest BCUT2D eigenvalue weighted by Crippen LogP contribution is 2.10. The summed E-state index contributed by atoms with van der Waals surface area (Å²) in [6, 6.07) is 0. The van der Waals surface area contributed by atoms with Crippen LogP contribution in [0.1, 0.15) is 20.8 Å². The van der Waals surface area contributed by atoms with Gasteiger partial charge in [0, 0.05) is 14.1 Å². The first-order valence-corrected chi connectivity index (χ1v) is 3.83. The van der Waals surface area contributed by atoms with E-state index in [1.165, 1.54) is 5.01 Å². The Morgan fingerprint density at radius 2 is 1.75 bits per heavy atom. The summed E-state index contributed by atoms with van der Waals surface area (Å²) < 4.78 is 0. The minimum atomic E-state index is -0.256. The zero-order chi connectivity index (χ0) is 9.78. The molecule has 0 atom stereocenters. The van der Waals surface area contributed by atoms with E-state index in [4.69, 9.17) is 0 Å². The number of hydrazone groups is 1. The fraction of sp³-hybridized carbons (Fsp3) is 0.750. The highest BCUT2D eigenvalue weighted by atomic mass is 16.1. The monoisotopic (exact) mass is 171 g/mol. The van der Waals surface area contributed by atoms with Crippen molar-refractivity contribution in [3.05, 3.63) is 0 Å². The second kappa shape index (κ2) is 4.09. The zero-order valence-corrected chi connectivity index (χ0v) is 8.40. The summed E-state index contributed by atoms with van der Waals surface area (Å²) >= 11 is 0. The largest absolute Gasteiger partial charge is 0.367 e. The van der Waals surface area contributed by atoms with E-state index in [0.29, 0.717) is 0 Å². The third-order valence-electron chi connectivity index (χ3n) is 1.19. The predicted molar refractivity (Wildman–Crippen MR) is 49.8 cm³/mol. The van der Waals surface area contributed by atoms with Gasteiger partial charge in [-0.3, -0.25) is 4.79 Å². The molecule has 0 fully saturated rings. The number of carbonyl (C=O) groups excluding carboxylic acids is 1. The van der Waals surface area contributed by atoms with Crippen LogP contribution in [0, 0.1) is 0 Å². The molecule has 0 aliphatic rings. The van der Waals surface area contributed by atoms with E-state index in [0.717, 1.165) is 6.41 Å². The predicted octanol–water partition coefficient (Wildman–Crippen LogP) is 0.748. The molecule has 1 amide bonds. The van der Waals surface area contributed by atoms with Crippen LogP contribution in [0.3, 0.4) is 0 Å². The lowest BCUT2D eigenvalue weighted by atomic mass is 10.1. The van der Waals surface area contributed by atoms with Crippen molar-refractivity contribution in [2.24, 2.45) is 5.10 Å². The molecule has 0 N–H and O–H groups in total. The number of nitrogens with zero attached hydrogens (tertiary/aromatic N) is 3. The van der Waals surface area contributed by atoms with Gasteiger partial charge in [0.15, 0.2) is 0 Å². The van der Waals surface area contributed by atoms with Gasteiger partial charge < -0.3 is 4.90 Å². The van der Waals surface area contributed by atoms with E-state index in [1.54, 1.807) is 11.2 Å². The van der Waals surface area contributed by atoms with Gasteiger partial charge in [0.1, 0.15) is 6.34 Å². The molecule has 0 aromatic rings. The Morgan fingerprint density at radius 3 is 2.00 bits per heavy atom. The first-order valence-electron chi connectivity index (χ1n) is 3.83. The topological polar surface area (TPSA) is 35.9 Å². The molecule has 0 heterocycles. The minimum Gasteiger partial charge on any atom is -0.367 e. The molecule has 0 aliphatic carbocycles. The summed E-state index contributed by atoms with van der Waals surface area (Å²) in [6.45, 7) is 5.78. The highest BCUT2D eigenvalue weighted by molar-refractivity contribution is 5.57. The standard InChI is InChI=1S/C8H17N3O/c1-8(2,3)11(7-12)9-6-10(4)5/h6-7H,1-5H3/b9-6+. The molecule has 4 nitrogen and oxygen atoms in total. The van der Waals surface area contributed by atoms with Crippen molar-refractivity contribution in [3.8, 4) is 0 Å². The van der Waals surface area contributed by atoms with Crippen molar-refractivity contribution >= 4 is 12.7 Å². The van der Waals surface area contributed by atoms with Gasteiger partial charge in [-0.1, -0.05) is 0 Å². The molecule has 4 heteroatoms. The van der Waals surface area contributed by atoms with E-state index >= 15 is 0 Å². The Balaban J connectivity index is 4.28. The Bertz CT molecular complexity index is 170. The van der Waals surface area contributed by atoms with Gasteiger partial charge in [0.05, 0.1) is 5.54 Å². The van der Waals surface area contributed by atoms with Crippen LogP contribution in [-0.4, -0.2) is 42.3 Å². The van der Waals surface area contributed by atoms with E-state index in [2.05, 4.69) is 5.10 Å². The second-order valence-corrected chi connectivity index (χ2v) is 3.82. The van der Waals surface area contributed by atoms with Gasteiger partial charge in [0.2, 0.25) is 6.41 Å². The van der Waals surface area contributed by atoms with E-state index < -0.39 is 0 Å².